The van der Waals surface area contributed by atoms with E-state index in [-0.39, 0.29) is 36.6 Å². The number of halogens is 6. The molecule has 0 saturated heterocycles. The topological polar surface area (TPSA) is 34.1 Å². The molecule has 144 valence electrons. The van der Waals surface area contributed by atoms with Crippen LogP contribution >= 0.6 is 0 Å². The van der Waals surface area contributed by atoms with Crippen LogP contribution in [0.5, 0.6) is 0 Å². The first-order chi connectivity index (χ1) is 11.0. The Balaban J connectivity index is -0.000000384. The first-order valence-corrected chi connectivity index (χ1v) is 6.20. The van der Waals surface area contributed by atoms with Crippen molar-refractivity contribution < 1.29 is 57.6 Å². The van der Waals surface area contributed by atoms with Crippen molar-refractivity contribution in [2.75, 3.05) is 0 Å². The van der Waals surface area contributed by atoms with E-state index in [0.717, 1.165) is 13.8 Å². The van der Waals surface area contributed by atoms with Crippen LogP contribution in [0.25, 0.3) is 0 Å². The molecule has 9 heteroatoms. The van der Waals surface area contributed by atoms with Crippen molar-refractivity contribution >= 4 is 11.6 Å². The van der Waals surface area contributed by atoms with Gasteiger partial charge in [-0.1, -0.05) is 11.1 Å². The third-order valence-corrected chi connectivity index (χ3v) is 2.63. The van der Waals surface area contributed by atoms with Crippen LogP contribution in [0, 0.1) is 61.9 Å². The van der Waals surface area contributed by atoms with Gasteiger partial charge < -0.3 is 24.4 Å². The molecule has 0 fully saturated rings. The molecule has 0 unspecified atom stereocenters. The Bertz CT molecular complexity index is 741. The summed E-state index contributed by atoms with van der Waals surface area (Å²) in [4.78, 5) is 21.2. The summed E-state index contributed by atoms with van der Waals surface area (Å²) in [6.07, 6.45) is 0. The fourth-order valence-electron chi connectivity index (χ4n) is 1.47. The number of hydrogen-bond acceptors (Lipinski definition) is 2. The van der Waals surface area contributed by atoms with Crippen molar-refractivity contribution in [2.24, 2.45) is 0 Å². The Labute approximate surface area is 168 Å². The molecule has 0 aromatic heterocycles. The SMILES string of the molecule is CC(=O)c1cc(F)c(F)[c-]c1F.CC(=O)c1cc(F)c(F)[c-]c1F.[CH3-].[CH3-].[Ti+4]. The first kappa shape index (κ1) is 29.8. The van der Waals surface area contributed by atoms with Crippen LogP contribution in [-0.4, -0.2) is 11.6 Å². The molecule has 0 radical (unpaired) electrons. The molecule has 0 N–H and O–H groups in total. The number of ketones is 2. The summed E-state index contributed by atoms with van der Waals surface area (Å²) in [5.74, 6) is -9.05. The van der Waals surface area contributed by atoms with Gasteiger partial charge in [-0.25, -0.2) is 17.6 Å². The number of carbonyl (C=O) groups excluding carboxylic acids is 2. The van der Waals surface area contributed by atoms with Crippen molar-refractivity contribution in [3.63, 3.8) is 0 Å². The molecular formula is C18H14F6O2Ti. The molecule has 0 aliphatic rings. The number of benzene rings is 2. The van der Waals surface area contributed by atoms with E-state index >= 15 is 0 Å². The largest absolute Gasteiger partial charge is 4.00 e. The Morgan fingerprint density at radius 3 is 1.15 bits per heavy atom. The van der Waals surface area contributed by atoms with E-state index < -0.39 is 57.6 Å². The number of hydrogen-bond donors (Lipinski definition) is 0. The van der Waals surface area contributed by atoms with Gasteiger partial charge in [-0.2, -0.15) is 0 Å². The van der Waals surface area contributed by atoms with Gasteiger partial charge in [-0.05, 0) is 13.8 Å². The molecule has 0 aliphatic heterocycles. The maximum atomic E-state index is 12.6. The Morgan fingerprint density at radius 1 is 0.667 bits per heavy atom. The van der Waals surface area contributed by atoms with Gasteiger partial charge in [0.15, 0.2) is 0 Å². The fourth-order valence-corrected chi connectivity index (χ4v) is 1.47. The number of Topliss-reactive ketones (excluding diaryl/α,β-unsaturated/α-hetero) is 2. The summed E-state index contributed by atoms with van der Waals surface area (Å²) in [6, 6.07) is 3.95. The van der Waals surface area contributed by atoms with Crippen LogP contribution in [0.15, 0.2) is 12.1 Å². The predicted molar refractivity (Wildman–Crippen MR) is 83.1 cm³/mol. The summed E-state index contributed by atoms with van der Waals surface area (Å²) in [7, 11) is 0. The summed E-state index contributed by atoms with van der Waals surface area (Å²) >= 11 is 0. The Hall–Kier alpha value is -1.93. The molecule has 0 amide bonds. The van der Waals surface area contributed by atoms with Gasteiger partial charge in [0.1, 0.15) is 11.6 Å². The van der Waals surface area contributed by atoms with E-state index in [1.165, 1.54) is 12.1 Å². The normalized spacial score (nSPS) is 8.89. The standard InChI is InChI=1S/2C8H4F3O.2CH3.Ti/c2*1-4(12)5-2-7(10)8(11)3-6(5)9;;;/h2*2H,1H3;2*1H3;/q4*-1;+4. The minimum atomic E-state index is -1.42. The van der Waals surface area contributed by atoms with Gasteiger partial charge in [-0.15, -0.1) is 24.3 Å². The van der Waals surface area contributed by atoms with E-state index in [1.54, 1.807) is 0 Å². The third-order valence-electron chi connectivity index (χ3n) is 2.63. The molecule has 2 aromatic rings. The Morgan fingerprint density at radius 2 is 0.926 bits per heavy atom. The van der Waals surface area contributed by atoms with Crippen molar-refractivity contribution in [2.45, 2.75) is 13.8 Å². The van der Waals surface area contributed by atoms with Gasteiger partial charge in [-0.3, -0.25) is 8.78 Å². The number of rotatable bonds is 2. The zero-order valence-corrected chi connectivity index (χ0v) is 16.3. The van der Waals surface area contributed by atoms with Crippen molar-refractivity contribution in [3.05, 3.63) is 85.1 Å². The van der Waals surface area contributed by atoms with Crippen LogP contribution < -0.4 is 0 Å². The quantitative estimate of drug-likeness (QED) is 0.221. The monoisotopic (exact) mass is 424 g/mol. The van der Waals surface area contributed by atoms with Crippen LogP contribution in [0.4, 0.5) is 26.3 Å². The third kappa shape index (κ3) is 8.09. The van der Waals surface area contributed by atoms with E-state index in [9.17, 15) is 35.9 Å². The van der Waals surface area contributed by atoms with E-state index in [4.69, 9.17) is 0 Å². The molecule has 0 bridgehead atoms. The molecule has 0 heterocycles. The average Bonchev–Trinajstić information content (AvgIpc) is 2.46. The molecule has 2 aromatic carbocycles. The van der Waals surface area contributed by atoms with Gasteiger partial charge in [0.05, 0.1) is 0 Å². The maximum absolute atomic E-state index is 12.6. The van der Waals surface area contributed by atoms with Crippen LogP contribution in [-0.2, 0) is 21.7 Å². The fraction of sp³-hybridized carbons (Fsp3) is 0.111. The molecule has 2 nitrogen and oxygen atoms in total. The average molecular weight is 424 g/mol. The van der Waals surface area contributed by atoms with Gasteiger partial charge >= 0.3 is 21.7 Å². The summed E-state index contributed by atoms with van der Waals surface area (Å²) in [5.41, 5.74) is -0.984. The Kier molecular flexibility index (Phi) is 13.8. The number of carbonyl (C=O) groups is 2. The van der Waals surface area contributed by atoms with Crippen molar-refractivity contribution in [1.29, 1.82) is 0 Å². The molecule has 27 heavy (non-hydrogen) atoms. The smallest absolute Gasteiger partial charge is 0.358 e. The summed E-state index contributed by atoms with van der Waals surface area (Å²) < 4.78 is 74.5. The first-order valence-electron chi connectivity index (χ1n) is 6.20. The minimum Gasteiger partial charge on any atom is -0.358 e. The van der Waals surface area contributed by atoms with E-state index in [1.807, 2.05) is 0 Å². The summed E-state index contributed by atoms with van der Waals surface area (Å²) in [6.45, 7) is 2.12. The predicted octanol–water partition coefficient (Wildman–Crippen LogP) is 5.11. The van der Waals surface area contributed by atoms with E-state index in [2.05, 4.69) is 0 Å². The van der Waals surface area contributed by atoms with Gasteiger partial charge in [0.2, 0.25) is 0 Å². The zero-order chi connectivity index (χ0) is 18.6. The second-order valence-corrected chi connectivity index (χ2v) is 4.43. The van der Waals surface area contributed by atoms with Crippen LogP contribution in [0.3, 0.4) is 0 Å². The van der Waals surface area contributed by atoms with Crippen LogP contribution in [0.2, 0.25) is 0 Å². The maximum Gasteiger partial charge on any atom is 4.00 e. The second-order valence-electron chi connectivity index (χ2n) is 4.43. The van der Waals surface area contributed by atoms with Crippen LogP contribution in [0.1, 0.15) is 34.6 Å². The zero-order valence-electron chi connectivity index (χ0n) is 14.7. The van der Waals surface area contributed by atoms with Crippen molar-refractivity contribution in [1.82, 2.24) is 0 Å². The van der Waals surface area contributed by atoms with Gasteiger partial charge in [0.25, 0.3) is 0 Å². The molecule has 2 rings (SSSR count). The minimum absolute atomic E-state index is 0. The molecular weight excluding hydrogens is 410 g/mol. The van der Waals surface area contributed by atoms with Crippen molar-refractivity contribution in [3.8, 4) is 0 Å². The molecule has 0 spiro atoms. The molecule has 0 aliphatic carbocycles. The van der Waals surface area contributed by atoms with E-state index in [0.29, 0.717) is 12.1 Å². The second kappa shape index (κ2) is 12.5. The van der Waals surface area contributed by atoms with Gasteiger partial charge in [0, 0.05) is 34.9 Å². The molecule has 0 atom stereocenters. The molecule has 0 saturated carbocycles. The summed E-state index contributed by atoms with van der Waals surface area (Å²) in [5, 5.41) is 0.